The van der Waals surface area contributed by atoms with Crippen LogP contribution in [0, 0.1) is 5.92 Å². The van der Waals surface area contributed by atoms with Crippen molar-refractivity contribution in [3.8, 4) is 0 Å². The molecule has 120 valence electrons. The molecule has 0 aromatic heterocycles. The van der Waals surface area contributed by atoms with Crippen molar-refractivity contribution in [3.63, 3.8) is 0 Å². The number of carbonyl (C=O) groups is 2. The van der Waals surface area contributed by atoms with Crippen molar-refractivity contribution in [2.75, 3.05) is 32.8 Å². The number of morpholine rings is 1. The highest BCUT2D eigenvalue weighted by Gasteiger charge is 2.29. The Kier molecular flexibility index (Phi) is 5.85. The second-order valence-electron chi connectivity index (χ2n) is 5.99. The number of hydrogen-bond acceptors (Lipinski definition) is 3. The average molecular weight is 298 g/mol. The third-order valence-corrected chi connectivity index (χ3v) is 4.52. The van der Waals surface area contributed by atoms with E-state index in [4.69, 9.17) is 9.84 Å². The monoisotopic (exact) mass is 298 g/mol. The van der Waals surface area contributed by atoms with Crippen LogP contribution in [0.5, 0.6) is 0 Å². The number of carboxylic acid groups (broad SMARTS) is 1. The van der Waals surface area contributed by atoms with Crippen molar-refractivity contribution in [2.45, 2.75) is 45.1 Å². The van der Waals surface area contributed by atoms with Crippen molar-refractivity contribution >= 4 is 12.0 Å². The predicted octanol–water partition coefficient (Wildman–Crippen LogP) is 1.79. The van der Waals surface area contributed by atoms with E-state index < -0.39 is 5.97 Å². The molecule has 0 aliphatic carbocycles. The van der Waals surface area contributed by atoms with Gasteiger partial charge in [-0.1, -0.05) is 6.92 Å². The maximum atomic E-state index is 12.5. The summed E-state index contributed by atoms with van der Waals surface area (Å²) in [4.78, 5) is 26.9. The molecule has 2 aliphatic heterocycles. The molecular formula is C15H26N2O4. The second kappa shape index (κ2) is 7.64. The van der Waals surface area contributed by atoms with Gasteiger partial charge < -0.3 is 19.6 Å². The molecule has 1 N–H and O–H groups in total. The van der Waals surface area contributed by atoms with Crippen molar-refractivity contribution in [3.05, 3.63) is 0 Å². The molecule has 2 heterocycles. The zero-order valence-corrected chi connectivity index (χ0v) is 12.8. The van der Waals surface area contributed by atoms with Crippen LogP contribution in [0.25, 0.3) is 0 Å². The van der Waals surface area contributed by atoms with E-state index in [0.29, 0.717) is 25.6 Å². The lowest BCUT2D eigenvalue weighted by Crippen LogP contribution is -2.52. The van der Waals surface area contributed by atoms with Crippen LogP contribution in [0.15, 0.2) is 0 Å². The van der Waals surface area contributed by atoms with Crippen LogP contribution in [0.2, 0.25) is 0 Å². The quantitative estimate of drug-likeness (QED) is 0.859. The first-order chi connectivity index (χ1) is 10.1. The van der Waals surface area contributed by atoms with Gasteiger partial charge in [0.05, 0.1) is 12.7 Å². The summed E-state index contributed by atoms with van der Waals surface area (Å²) >= 11 is 0. The van der Waals surface area contributed by atoms with Gasteiger partial charge >= 0.3 is 12.0 Å². The number of urea groups is 1. The fourth-order valence-corrected chi connectivity index (χ4v) is 3.08. The third kappa shape index (κ3) is 4.59. The van der Waals surface area contributed by atoms with Crippen LogP contribution in [-0.4, -0.2) is 65.8 Å². The number of aliphatic carboxylic acids is 1. The molecule has 2 amide bonds. The van der Waals surface area contributed by atoms with E-state index in [1.807, 2.05) is 9.80 Å². The molecule has 2 saturated heterocycles. The van der Waals surface area contributed by atoms with Gasteiger partial charge in [0.2, 0.25) is 0 Å². The highest BCUT2D eigenvalue weighted by molar-refractivity contribution is 5.74. The molecule has 1 atom stereocenters. The molecule has 1 unspecified atom stereocenters. The third-order valence-electron chi connectivity index (χ3n) is 4.52. The van der Waals surface area contributed by atoms with E-state index in [0.717, 1.165) is 38.8 Å². The minimum atomic E-state index is -0.729. The average Bonchev–Trinajstić information content (AvgIpc) is 2.52. The number of amides is 2. The first-order valence-electron chi connectivity index (χ1n) is 7.97. The van der Waals surface area contributed by atoms with Crippen LogP contribution in [0.1, 0.15) is 39.0 Å². The largest absolute Gasteiger partial charge is 0.481 e. The van der Waals surface area contributed by atoms with Crippen molar-refractivity contribution in [1.82, 2.24) is 9.80 Å². The van der Waals surface area contributed by atoms with Crippen LogP contribution in [0.3, 0.4) is 0 Å². The van der Waals surface area contributed by atoms with E-state index in [1.165, 1.54) is 0 Å². The number of hydrogen-bond donors (Lipinski definition) is 1. The fraction of sp³-hybridized carbons (Fsp3) is 0.867. The Labute approximate surface area is 126 Å². The standard InChI is InChI=1S/C15H26N2O4/c1-2-13-11-17(9-10-21-13)15(20)16-7-5-12(6-8-16)3-4-14(18)19/h12-13H,2-11H2,1H3,(H,18,19). The molecule has 2 fully saturated rings. The van der Waals surface area contributed by atoms with Gasteiger partial charge in [0, 0.05) is 32.6 Å². The number of piperidine rings is 1. The maximum absolute atomic E-state index is 12.5. The molecule has 0 aromatic carbocycles. The van der Waals surface area contributed by atoms with Crippen LogP contribution in [-0.2, 0) is 9.53 Å². The summed E-state index contributed by atoms with van der Waals surface area (Å²) in [5.41, 5.74) is 0. The molecule has 0 bridgehead atoms. The smallest absolute Gasteiger partial charge is 0.320 e. The first kappa shape index (κ1) is 16.1. The van der Waals surface area contributed by atoms with Gasteiger partial charge in [-0.15, -0.1) is 0 Å². The van der Waals surface area contributed by atoms with Gasteiger partial charge in [0.15, 0.2) is 0 Å². The van der Waals surface area contributed by atoms with Gasteiger partial charge in [-0.05, 0) is 31.6 Å². The summed E-state index contributed by atoms with van der Waals surface area (Å²) in [6.07, 6.45) is 3.89. The topological polar surface area (TPSA) is 70.1 Å². The molecule has 21 heavy (non-hydrogen) atoms. The summed E-state index contributed by atoms with van der Waals surface area (Å²) < 4.78 is 5.60. The number of carbonyl (C=O) groups excluding carboxylic acids is 1. The van der Waals surface area contributed by atoms with Crippen molar-refractivity contribution in [2.24, 2.45) is 5.92 Å². The summed E-state index contributed by atoms with van der Waals surface area (Å²) in [6, 6.07) is 0.119. The van der Waals surface area contributed by atoms with E-state index in [1.54, 1.807) is 0 Å². The van der Waals surface area contributed by atoms with Crippen molar-refractivity contribution in [1.29, 1.82) is 0 Å². The lowest BCUT2D eigenvalue weighted by Gasteiger charge is -2.39. The Balaban J connectivity index is 1.76. The van der Waals surface area contributed by atoms with E-state index in [9.17, 15) is 9.59 Å². The lowest BCUT2D eigenvalue weighted by molar-refractivity contribution is -0.137. The zero-order chi connectivity index (χ0) is 15.2. The van der Waals surface area contributed by atoms with Gasteiger partial charge in [-0.2, -0.15) is 0 Å². The Bertz CT molecular complexity index is 367. The number of nitrogens with zero attached hydrogens (tertiary/aromatic N) is 2. The molecule has 2 aliphatic rings. The fourth-order valence-electron chi connectivity index (χ4n) is 3.08. The molecule has 6 heteroatoms. The van der Waals surface area contributed by atoms with Gasteiger partial charge in [0.25, 0.3) is 0 Å². The Hall–Kier alpha value is -1.30. The number of carboxylic acids is 1. The van der Waals surface area contributed by atoms with E-state index in [-0.39, 0.29) is 18.6 Å². The minimum Gasteiger partial charge on any atom is -0.481 e. The normalized spacial score (nSPS) is 24.1. The Morgan fingerprint density at radius 1 is 1.19 bits per heavy atom. The highest BCUT2D eigenvalue weighted by atomic mass is 16.5. The van der Waals surface area contributed by atoms with Gasteiger partial charge in [-0.25, -0.2) is 4.79 Å². The molecular weight excluding hydrogens is 272 g/mol. The van der Waals surface area contributed by atoms with Crippen LogP contribution >= 0.6 is 0 Å². The zero-order valence-electron chi connectivity index (χ0n) is 12.8. The molecule has 6 nitrogen and oxygen atoms in total. The summed E-state index contributed by atoms with van der Waals surface area (Å²) in [5.74, 6) is -0.286. The van der Waals surface area contributed by atoms with Crippen molar-refractivity contribution < 1.29 is 19.4 Å². The SMILES string of the molecule is CCC1CN(C(=O)N2CCC(CCC(=O)O)CC2)CCO1. The second-order valence-corrected chi connectivity index (χ2v) is 5.99. The predicted molar refractivity (Wildman–Crippen MR) is 78.2 cm³/mol. The minimum absolute atomic E-state index is 0.119. The van der Waals surface area contributed by atoms with E-state index >= 15 is 0 Å². The Morgan fingerprint density at radius 3 is 2.52 bits per heavy atom. The highest BCUT2D eigenvalue weighted by Crippen LogP contribution is 2.23. The molecule has 2 rings (SSSR count). The van der Waals surface area contributed by atoms with Crippen LogP contribution in [0.4, 0.5) is 4.79 Å². The summed E-state index contributed by atoms with van der Waals surface area (Å²) in [7, 11) is 0. The lowest BCUT2D eigenvalue weighted by atomic mass is 9.92. The Morgan fingerprint density at radius 2 is 1.90 bits per heavy atom. The van der Waals surface area contributed by atoms with Gasteiger partial charge in [-0.3, -0.25) is 4.79 Å². The number of likely N-dealkylation sites (tertiary alicyclic amines) is 1. The molecule has 0 radical (unpaired) electrons. The molecule has 0 spiro atoms. The summed E-state index contributed by atoms with van der Waals surface area (Å²) in [6.45, 7) is 5.56. The van der Waals surface area contributed by atoms with Crippen LogP contribution < -0.4 is 0 Å². The first-order valence-corrected chi connectivity index (χ1v) is 7.97. The summed E-state index contributed by atoms with van der Waals surface area (Å²) in [5, 5.41) is 8.72. The van der Waals surface area contributed by atoms with E-state index in [2.05, 4.69) is 6.92 Å². The molecule has 0 aromatic rings. The molecule has 0 saturated carbocycles. The number of ether oxygens (including phenoxy) is 1. The maximum Gasteiger partial charge on any atom is 0.320 e. The number of rotatable bonds is 4. The van der Waals surface area contributed by atoms with Gasteiger partial charge in [0.1, 0.15) is 0 Å².